The van der Waals surface area contributed by atoms with Crippen LogP contribution in [0.2, 0.25) is 0 Å². The lowest BCUT2D eigenvalue weighted by molar-refractivity contribution is -0.385. The van der Waals surface area contributed by atoms with Crippen LogP contribution in [0.3, 0.4) is 0 Å². The normalized spacial score (nSPS) is 19.2. The Morgan fingerprint density at radius 1 is 1.52 bits per heavy atom. The minimum atomic E-state index is -0.848. The van der Waals surface area contributed by atoms with Crippen LogP contribution in [0.25, 0.3) is 11.0 Å². The van der Waals surface area contributed by atoms with Gasteiger partial charge in [-0.25, -0.2) is 9.37 Å². The molecule has 1 aromatic heterocycles. The molecule has 0 radical (unpaired) electrons. The molecule has 1 saturated heterocycles. The number of imidazole rings is 1. The van der Waals surface area contributed by atoms with E-state index in [0.29, 0.717) is 28.9 Å². The van der Waals surface area contributed by atoms with Gasteiger partial charge in [0.05, 0.1) is 27.0 Å². The fourth-order valence-corrected chi connectivity index (χ4v) is 3.19. The van der Waals surface area contributed by atoms with E-state index in [-0.39, 0.29) is 5.69 Å². The Morgan fingerprint density at radius 2 is 2.29 bits per heavy atom. The number of fused-ring (bicyclic) bond motifs is 1. The summed E-state index contributed by atoms with van der Waals surface area (Å²) in [7, 11) is 1.84. The SMILES string of the molecule is Cn1c(N2CCCC(F)C2)nc2cc([N+](=O)[O-])c(Br)cc21. The summed E-state index contributed by atoms with van der Waals surface area (Å²) in [4.78, 5) is 16.9. The van der Waals surface area contributed by atoms with Crippen LogP contribution in [0.15, 0.2) is 16.6 Å². The highest BCUT2D eigenvalue weighted by Crippen LogP contribution is 2.32. The van der Waals surface area contributed by atoms with Gasteiger partial charge in [0.2, 0.25) is 5.95 Å². The van der Waals surface area contributed by atoms with E-state index in [9.17, 15) is 14.5 Å². The number of nitrogens with zero attached hydrogens (tertiary/aromatic N) is 4. The van der Waals surface area contributed by atoms with Crippen LogP contribution in [0.1, 0.15) is 12.8 Å². The van der Waals surface area contributed by atoms with Crippen molar-refractivity contribution in [2.45, 2.75) is 19.0 Å². The topological polar surface area (TPSA) is 64.2 Å². The quantitative estimate of drug-likeness (QED) is 0.612. The van der Waals surface area contributed by atoms with Crippen molar-refractivity contribution in [3.05, 3.63) is 26.7 Å². The molecule has 0 N–H and O–H groups in total. The summed E-state index contributed by atoms with van der Waals surface area (Å²) in [5.74, 6) is 0.653. The van der Waals surface area contributed by atoms with Crippen molar-refractivity contribution >= 4 is 38.6 Å². The molecular weight excluding hydrogens is 343 g/mol. The van der Waals surface area contributed by atoms with Gasteiger partial charge in [-0.15, -0.1) is 0 Å². The molecule has 1 unspecified atom stereocenters. The molecule has 1 aliphatic rings. The number of aryl methyl sites for hydroxylation is 1. The highest BCUT2D eigenvalue weighted by molar-refractivity contribution is 9.10. The number of aromatic nitrogens is 2. The first-order chi connectivity index (χ1) is 9.97. The predicted octanol–water partition coefficient (Wildman–Crippen LogP) is 3.18. The average molecular weight is 357 g/mol. The first-order valence-corrected chi connectivity index (χ1v) is 7.46. The lowest BCUT2D eigenvalue weighted by Gasteiger charge is -2.29. The molecule has 1 aliphatic heterocycles. The minimum absolute atomic E-state index is 0.0193. The van der Waals surface area contributed by atoms with Crippen molar-refractivity contribution in [3.8, 4) is 0 Å². The number of benzene rings is 1. The summed E-state index contributed by atoms with van der Waals surface area (Å²) in [5, 5.41) is 11.0. The van der Waals surface area contributed by atoms with Gasteiger partial charge in [0, 0.05) is 19.7 Å². The zero-order valence-corrected chi connectivity index (χ0v) is 13.0. The molecule has 8 heteroatoms. The second-order valence-electron chi connectivity index (χ2n) is 5.21. The number of rotatable bonds is 2. The molecular formula is C13H14BrFN4O2. The summed E-state index contributed by atoms with van der Waals surface area (Å²) in [6.45, 7) is 1.07. The molecule has 0 aliphatic carbocycles. The van der Waals surface area contributed by atoms with Crippen molar-refractivity contribution in [2.75, 3.05) is 18.0 Å². The molecule has 1 atom stereocenters. The third-order valence-corrected chi connectivity index (χ3v) is 4.40. The van der Waals surface area contributed by atoms with Crippen LogP contribution in [0.5, 0.6) is 0 Å². The van der Waals surface area contributed by atoms with E-state index >= 15 is 0 Å². The van der Waals surface area contributed by atoms with Gasteiger partial charge in [-0.05, 0) is 34.8 Å². The van der Waals surface area contributed by atoms with Crippen LogP contribution < -0.4 is 4.90 Å². The van der Waals surface area contributed by atoms with E-state index in [2.05, 4.69) is 20.9 Å². The van der Waals surface area contributed by atoms with E-state index in [0.717, 1.165) is 18.5 Å². The van der Waals surface area contributed by atoms with Crippen molar-refractivity contribution in [3.63, 3.8) is 0 Å². The number of hydrogen-bond acceptors (Lipinski definition) is 4. The maximum absolute atomic E-state index is 13.6. The lowest BCUT2D eigenvalue weighted by atomic mass is 10.1. The van der Waals surface area contributed by atoms with Gasteiger partial charge in [-0.3, -0.25) is 10.1 Å². The number of nitro groups is 1. The van der Waals surface area contributed by atoms with Gasteiger partial charge in [-0.2, -0.15) is 0 Å². The highest BCUT2D eigenvalue weighted by atomic mass is 79.9. The van der Waals surface area contributed by atoms with Crippen molar-refractivity contribution in [1.82, 2.24) is 9.55 Å². The zero-order valence-electron chi connectivity index (χ0n) is 11.4. The fourth-order valence-electron chi connectivity index (χ4n) is 2.72. The Kier molecular flexibility index (Phi) is 3.56. The Balaban J connectivity index is 2.08. The van der Waals surface area contributed by atoms with Crippen LogP contribution >= 0.6 is 15.9 Å². The van der Waals surface area contributed by atoms with Gasteiger partial charge >= 0.3 is 0 Å². The third kappa shape index (κ3) is 2.48. The maximum atomic E-state index is 13.6. The van der Waals surface area contributed by atoms with E-state index in [1.165, 1.54) is 6.07 Å². The van der Waals surface area contributed by atoms with Crippen molar-refractivity contribution in [2.24, 2.45) is 7.05 Å². The molecule has 21 heavy (non-hydrogen) atoms. The molecule has 0 bridgehead atoms. The zero-order chi connectivity index (χ0) is 15.1. The molecule has 0 spiro atoms. The summed E-state index contributed by atoms with van der Waals surface area (Å²) < 4.78 is 15.8. The summed E-state index contributed by atoms with van der Waals surface area (Å²) >= 11 is 3.21. The second kappa shape index (κ2) is 5.25. The Hall–Kier alpha value is -1.70. The highest BCUT2D eigenvalue weighted by Gasteiger charge is 2.24. The van der Waals surface area contributed by atoms with E-state index < -0.39 is 11.1 Å². The summed E-state index contributed by atoms with van der Waals surface area (Å²) in [5.41, 5.74) is 1.31. The largest absolute Gasteiger partial charge is 0.339 e. The molecule has 0 saturated carbocycles. The lowest BCUT2D eigenvalue weighted by Crippen LogP contribution is -2.37. The number of anilines is 1. The van der Waals surface area contributed by atoms with Crippen LogP contribution in [0, 0.1) is 10.1 Å². The smallest absolute Gasteiger partial charge is 0.285 e. The summed E-state index contributed by atoms with van der Waals surface area (Å²) in [6, 6.07) is 3.13. The first kappa shape index (κ1) is 14.2. The molecule has 2 heterocycles. The first-order valence-electron chi connectivity index (χ1n) is 6.66. The van der Waals surface area contributed by atoms with Crippen molar-refractivity contribution in [1.29, 1.82) is 0 Å². The fraction of sp³-hybridized carbons (Fsp3) is 0.462. The molecule has 2 aromatic rings. The molecule has 6 nitrogen and oxygen atoms in total. The number of hydrogen-bond donors (Lipinski definition) is 0. The van der Waals surface area contributed by atoms with Crippen LogP contribution in [-0.2, 0) is 7.05 Å². The van der Waals surface area contributed by atoms with Crippen LogP contribution in [-0.4, -0.2) is 33.7 Å². The predicted molar refractivity (Wildman–Crippen MR) is 81.4 cm³/mol. The van der Waals surface area contributed by atoms with Gasteiger partial charge in [-0.1, -0.05) is 0 Å². The Bertz CT molecular complexity index is 718. The molecule has 1 fully saturated rings. The number of alkyl halides is 1. The second-order valence-corrected chi connectivity index (χ2v) is 6.06. The van der Waals surface area contributed by atoms with Gasteiger partial charge in [0.25, 0.3) is 5.69 Å². The minimum Gasteiger partial charge on any atom is -0.339 e. The average Bonchev–Trinajstić information content (AvgIpc) is 2.75. The molecule has 0 amide bonds. The van der Waals surface area contributed by atoms with E-state index in [1.807, 2.05) is 16.5 Å². The van der Waals surface area contributed by atoms with E-state index in [4.69, 9.17) is 0 Å². The molecule has 3 rings (SSSR count). The Morgan fingerprint density at radius 3 is 2.95 bits per heavy atom. The van der Waals surface area contributed by atoms with E-state index in [1.54, 1.807) is 6.07 Å². The standard InChI is InChI=1S/C13H14BrFN4O2/c1-17-12-5-9(14)11(19(20)21)6-10(12)16-13(17)18-4-2-3-8(15)7-18/h5-6,8H,2-4,7H2,1H3. The molecule has 112 valence electrons. The Labute approximate surface area is 128 Å². The van der Waals surface area contributed by atoms with Crippen molar-refractivity contribution < 1.29 is 9.31 Å². The number of piperidine rings is 1. The van der Waals surface area contributed by atoms with Gasteiger partial charge in [0.15, 0.2) is 0 Å². The maximum Gasteiger partial charge on any atom is 0.285 e. The number of halogens is 2. The monoisotopic (exact) mass is 356 g/mol. The summed E-state index contributed by atoms with van der Waals surface area (Å²) in [6.07, 6.45) is 0.519. The van der Waals surface area contributed by atoms with Gasteiger partial charge < -0.3 is 9.47 Å². The third-order valence-electron chi connectivity index (χ3n) is 3.77. The molecule has 1 aromatic carbocycles. The number of nitro benzene ring substituents is 1. The van der Waals surface area contributed by atoms with Crippen LogP contribution in [0.4, 0.5) is 16.0 Å². The van der Waals surface area contributed by atoms with Gasteiger partial charge in [0.1, 0.15) is 6.17 Å².